The predicted molar refractivity (Wildman–Crippen MR) is 85.9 cm³/mol. The summed E-state index contributed by atoms with van der Waals surface area (Å²) in [5.41, 5.74) is -1.01. The maximum Gasteiger partial charge on any atom is 0.294 e. The Morgan fingerprint density at radius 1 is 0.960 bits per heavy atom. The zero-order valence-corrected chi connectivity index (χ0v) is 13.5. The van der Waals surface area contributed by atoms with Gasteiger partial charge in [0.1, 0.15) is 5.69 Å². The molecule has 2 rings (SSSR count). The summed E-state index contributed by atoms with van der Waals surface area (Å²) in [5.74, 6) is -0.547. The molecule has 0 saturated heterocycles. The summed E-state index contributed by atoms with van der Waals surface area (Å²) >= 11 is 0. The van der Waals surface area contributed by atoms with Gasteiger partial charge in [-0.1, -0.05) is 0 Å². The second-order valence-electron chi connectivity index (χ2n) is 4.87. The van der Waals surface area contributed by atoms with Gasteiger partial charge in [0.25, 0.3) is 11.4 Å². The van der Waals surface area contributed by atoms with Crippen molar-refractivity contribution >= 4 is 32.8 Å². The summed E-state index contributed by atoms with van der Waals surface area (Å²) in [4.78, 5) is 30.7. The van der Waals surface area contributed by atoms with Gasteiger partial charge < -0.3 is 5.32 Å². The second kappa shape index (κ2) is 6.65. The molecule has 0 spiro atoms. The molecule has 0 heterocycles. The third-order valence-corrected chi connectivity index (χ3v) is 4.91. The first-order chi connectivity index (χ1) is 11.6. The molecule has 1 N–H and O–H groups in total. The van der Waals surface area contributed by atoms with Gasteiger partial charge in [0.15, 0.2) is 0 Å². The number of benzene rings is 2. The smallest absolute Gasteiger partial charge is 0.294 e. The molecule has 0 radical (unpaired) electrons. The normalized spacial score (nSPS) is 10.9. The highest BCUT2D eigenvalue weighted by Crippen LogP contribution is 2.31. The van der Waals surface area contributed by atoms with Crippen LogP contribution in [0.1, 0.15) is 6.92 Å². The van der Waals surface area contributed by atoms with Gasteiger partial charge in [-0.3, -0.25) is 25.0 Å². The van der Waals surface area contributed by atoms with Crippen LogP contribution in [-0.2, 0) is 14.6 Å². The topological polar surface area (TPSA) is 150 Å². The zero-order chi connectivity index (χ0) is 18.8. The molecule has 2 aromatic rings. The molecule has 130 valence electrons. The molecule has 2 aromatic carbocycles. The van der Waals surface area contributed by atoms with Gasteiger partial charge in [0, 0.05) is 25.1 Å². The summed E-state index contributed by atoms with van der Waals surface area (Å²) in [7, 11) is -4.12. The summed E-state index contributed by atoms with van der Waals surface area (Å²) in [5, 5.41) is 24.0. The molecule has 0 aromatic heterocycles. The molecule has 0 aliphatic heterocycles. The quantitative estimate of drug-likeness (QED) is 0.630. The summed E-state index contributed by atoms with van der Waals surface area (Å²) < 4.78 is 25.1. The van der Waals surface area contributed by atoms with Crippen LogP contribution in [0.3, 0.4) is 0 Å². The number of carbonyl (C=O) groups is 1. The number of sulfone groups is 1. The molecule has 0 fully saturated rings. The largest absolute Gasteiger partial charge is 0.321 e. The molecule has 0 unspecified atom stereocenters. The van der Waals surface area contributed by atoms with Crippen LogP contribution in [0.15, 0.2) is 52.3 Å². The Kier molecular flexibility index (Phi) is 4.79. The van der Waals surface area contributed by atoms with Crippen LogP contribution in [0, 0.1) is 20.2 Å². The number of nitrogens with zero attached hydrogens (tertiary/aromatic N) is 2. The van der Waals surface area contributed by atoms with Crippen LogP contribution < -0.4 is 5.32 Å². The van der Waals surface area contributed by atoms with Crippen LogP contribution >= 0.6 is 0 Å². The molecule has 11 heteroatoms. The van der Waals surface area contributed by atoms with E-state index in [0.29, 0.717) is 0 Å². The van der Waals surface area contributed by atoms with Crippen molar-refractivity contribution < 1.29 is 23.1 Å². The Bertz CT molecular complexity index is 968. The number of hydrogen-bond acceptors (Lipinski definition) is 7. The molecular weight excluding hydrogens is 354 g/mol. The lowest BCUT2D eigenvalue weighted by Crippen LogP contribution is -2.09. The van der Waals surface area contributed by atoms with Gasteiger partial charge in [-0.25, -0.2) is 8.42 Å². The molecule has 1 amide bonds. The fourth-order valence-corrected chi connectivity index (χ4v) is 3.29. The van der Waals surface area contributed by atoms with Crippen molar-refractivity contribution in [2.75, 3.05) is 5.32 Å². The minimum atomic E-state index is -4.12. The number of carbonyl (C=O) groups excluding carboxylic acids is 1. The number of amides is 1. The standard InChI is InChI=1S/C14H11N3O7S/c1-9(18)15-13-7-6-12(8-14(13)17(21)22)25(23,24)11-4-2-10(3-5-11)16(19)20/h2-8H,1H3,(H,15,18). The van der Waals surface area contributed by atoms with Crippen LogP contribution in [0.25, 0.3) is 0 Å². The van der Waals surface area contributed by atoms with Gasteiger partial charge in [0.05, 0.1) is 19.6 Å². The van der Waals surface area contributed by atoms with Crippen molar-refractivity contribution in [1.29, 1.82) is 0 Å². The maximum atomic E-state index is 12.5. The third kappa shape index (κ3) is 3.77. The molecule has 0 aliphatic carbocycles. The molecule has 0 aliphatic rings. The van der Waals surface area contributed by atoms with Crippen molar-refractivity contribution in [3.8, 4) is 0 Å². The lowest BCUT2D eigenvalue weighted by molar-refractivity contribution is -0.384. The minimum absolute atomic E-state index is 0.139. The number of nitro groups is 2. The first-order valence-electron chi connectivity index (χ1n) is 6.68. The van der Waals surface area contributed by atoms with Crippen molar-refractivity contribution in [2.45, 2.75) is 16.7 Å². The van der Waals surface area contributed by atoms with Gasteiger partial charge in [0.2, 0.25) is 15.7 Å². The van der Waals surface area contributed by atoms with Crippen molar-refractivity contribution in [2.24, 2.45) is 0 Å². The average Bonchev–Trinajstić information content (AvgIpc) is 2.54. The van der Waals surface area contributed by atoms with Crippen molar-refractivity contribution in [3.63, 3.8) is 0 Å². The summed E-state index contributed by atoms with van der Waals surface area (Å²) in [6.45, 7) is 1.16. The molecule has 25 heavy (non-hydrogen) atoms. The minimum Gasteiger partial charge on any atom is -0.321 e. The van der Waals surface area contributed by atoms with E-state index in [1.807, 2.05) is 0 Å². The van der Waals surface area contributed by atoms with E-state index in [0.717, 1.165) is 49.4 Å². The Balaban J connectivity index is 2.52. The fourth-order valence-electron chi connectivity index (χ4n) is 2.01. The van der Waals surface area contributed by atoms with E-state index in [-0.39, 0.29) is 21.2 Å². The van der Waals surface area contributed by atoms with E-state index in [1.165, 1.54) is 0 Å². The van der Waals surface area contributed by atoms with Crippen molar-refractivity contribution in [1.82, 2.24) is 0 Å². The van der Waals surface area contributed by atoms with E-state index in [2.05, 4.69) is 5.32 Å². The fraction of sp³-hybridized carbons (Fsp3) is 0.0714. The maximum absolute atomic E-state index is 12.5. The second-order valence-corrected chi connectivity index (χ2v) is 6.82. The van der Waals surface area contributed by atoms with Crippen LogP contribution in [0.2, 0.25) is 0 Å². The highest BCUT2D eigenvalue weighted by Gasteiger charge is 2.24. The third-order valence-electron chi connectivity index (χ3n) is 3.14. The SMILES string of the molecule is CC(=O)Nc1ccc(S(=O)(=O)c2ccc([N+](=O)[O-])cc2)cc1[N+](=O)[O-]. The number of rotatable bonds is 5. The molecule has 0 atom stereocenters. The van der Waals surface area contributed by atoms with E-state index in [1.54, 1.807) is 0 Å². The Hall–Kier alpha value is -3.34. The number of nitrogens with one attached hydrogen (secondary N) is 1. The highest BCUT2D eigenvalue weighted by molar-refractivity contribution is 7.91. The molecule has 10 nitrogen and oxygen atoms in total. The average molecular weight is 365 g/mol. The van der Waals surface area contributed by atoms with Gasteiger partial charge in [-0.2, -0.15) is 0 Å². The van der Waals surface area contributed by atoms with Gasteiger partial charge in [-0.05, 0) is 24.3 Å². The Morgan fingerprint density at radius 3 is 2.00 bits per heavy atom. The first-order valence-corrected chi connectivity index (χ1v) is 8.17. The lowest BCUT2D eigenvalue weighted by atomic mass is 10.2. The lowest BCUT2D eigenvalue weighted by Gasteiger charge is -2.07. The number of anilines is 1. The predicted octanol–water partition coefficient (Wildman–Crippen LogP) is 2.29. The zero-order valence-electron chi connectivity index (χ0n) is 12.7. The monoisotopic (exact) mass is 365 g/mol. The molecule has 0 saturated carbocycles. The van der Waals surface area contributed by atoms with E-state index in [4.69, 9.17) is 0 Å². The van der Waals surface area contributed by atoms with Gasteiger partial charge >= 0.3 is 0 Å². The van der Waals surface area contributed by atoms with E-state index in [9.17, 15) is 33.4 Å². The number of nitro benzene ring substituents is 2. The van der Waals surface area contributed by atoms with E-state index < -0.39 is 31.3 Å². The van der Waals surface area contributed by atoms with Gasteiger partial charge in [-0.15, -0.1) is 0 Å². The van der Waals surface area contributed by atoms with Crippen LogP contribution in [0.5, 0.6) is 0 Å². The Morgan fingerprint density at radius 2 is 1.52 bits per heavy atom. The highest BCUT2D eigenvalue weighted by atomic mass is 32.2. The first kappa shape index (κ1) is 18.0. The van der Waals surface area contributed by atoms with Crippen molar-refractivity contribution in [3.05, 3.63) is 62.7 Å². The van der Waals surface area contributed by atoms with E-state index >= 15 is 0 Å². The summed E-state index contributed by atoms with van der Waals surface area (Å²) in [6, 6.07) is 7.16. The number of hydrogen-bond donors (Lipinski definition) is 1. The number of non-ortho nitro benzene ring substituents is 1. The Labute approximate surface area is 141 Å². The van der Waals surface area contributed by atoms with Crippen LogP contribution in [0.4, 0.5) is 17.1 Å². The van der Waals surface area contributed by atoms with Crippen LogP contribution in [-0.4, -0.2) is 24.2 Å². The summed E-state index contributed by atoms with van der Waals surface area (Å²) in [6.07, 6.45) is 0. The molecular formula is C14H11N3O7S. The molecule has 0 bridgehead atoms.